The molecule has 1 rings (SSSR count). The number of carboxylic acid groups (broad SMARTS) is 1. The summed E-state index contributed by atoms with van der Waals surface area (Å²) in [6.45, 7) is 5.82. The topological polar surface area (TPSA) is 82.5 Å². The average Bonchev–Trinajstić information content (AvgIpc) is 2.70. The van der Waals surface area contributed by atoms with Crippen molar-refractivity contribution in [2.24, 2.45) is 5.92 Å². The monoisotopic (exact) mass is 285 g/mol. The highest BCUT2D eigenvalue weighted by Crippen LogP contribution is 2.14. The van der Waals surface area contributed by atoms with Crippen LogP contribution in [-0.2, 0) is 11.3 Å². The van der Waals surface area contributed by atoms with Crippen LogP contribution in [0.15, 0.2) is 5.51 Å². The predicted molar refractivity (Wildman–Crippen MR) is 73.1 cm³/mol. The zero-order valence-corrected chi connectivity index (χ0v) is 12.3. The van der Waals surface area contributed by atoms with Crippen molar-refractivity contribution in [1.82, 2.24) is 15.2 Å². The first-order valence-electron chi connectivity index (χ1n) is 5.96. The third-order valence-corrected chi connectivity index (χ3v) is 3.70. The molecule has 1 heterocycles. The number of nitrogens with zero attached hydrogens (tertiary/aromatic N) is 2. The highest BCUT2D eigenvalue weighted by Gasteiger charge is 2.25. The van der Waals surface area contributed by atoms with E-state index in [1.807, 2.05) is 6.92 Å². The normalized spacial score (nSPS) is 12.3. The molecule has 0 bridgehead atoms. The molecule has 0 unspecified atom stereocenters. The second kappa shape index (κ2) is 6.51. The smallest absolute Gasteiger partial charge is 0.326 e. The number of nitrogens with one attached hydrogen (secondary N) is 1. The lowest BCUT2D eigenvalue weighted by Gasteiger charge is -2.23. The number of amides is 2. The van der Waals surface area contributed by atoms with Gasteiger partial charge in [0.1, 0.15) is 6.04 Å². The molecule has 0 fully saturated rings. The minimum absolute atomic E-state index is 0.167. The molecule has 1 aromatic rings. The highest BCUT2D eigenvalue weighted by atomic mass is 32.1. The van der Waals surface area contributed by atoms with Gasteiger partial charge in [0.2, 0.25) is 0 Å². The van der Waals surface area contributed by atoms with Crippen LogP contribution in [-0.4, -0.2) is 40.1 Å². The van der Waals surface area contributed by atoms with Gasteiger partial charge in [-0.2, -0.15) is 0 Å². The second-order valence-electron chi connectivity index (χ2n) is 4.73. The SMILES string of the molecule is Cc1ncsc1CN(C)C(=O)N[C@@H](C(=O)O)C(C)C. The third-order valence-electron chi connectivity index (χ3n) is 2.78. The van der Waals surface area contributed by atoms with E-state index in [1.54, 1.807) is 26.4 Å². The van der Waals surface area contributed by atoms with E-state index in [0.29, 0.717) is 6.54 Å². The number of carbonyl (C=O) groups is 2. The molecule has 0 radical (unpaired) electrons. The van der Waals surface area contributed by atoms with E-state index >= 15 is 0 Å². The Morgan fingerprint density at radius 1 is 1.53 bits per heavy atom. The number of thiazole rings is 1. The van der Waals surface area contributed by atoms with Gasteiger partial charge >= 0.3 is 12.0 Å². The van der Waals surface area contributed by atoms with Crippen molar-refractivity contribution in [2.75, 3.05) is 7.05 Å². The summed E-state index contributed by atoms with van der Waals surface area (Å²) in [4.78, 5) is 29.5. The van der Waals surface area contributed by atoms with E-state index in [1.165, 1.54) is 16.2 Å². The molecule has 1 aromatic heterocycles. The number of carboxylic acids is 1. The fraction of sp³-hybridized carbons (Fsp3) is 0.583. The van der Waals surface area contributed by atoms with E-state index in [2.05, 4.69) is 10.3 Å². The van der Waals surface area contributed by atoms with E-state index in [9.17, 15) is 9.59 Å². The molecule has 0 spiro atoms. The zero-order chi connectivity index (χ0) is 14.6. The van der Waals surface area contributed by atoms with Crippen LogP contribution in [0.4, 0.5) is 4.79 Å². The summed E-state index contributed by atoms with van der Waals surface area (Å²) >= 11 is 1.48. The largest absolute Gasteiger partial charge is 0.480 e. The summed E-state index contributed by atoms with van der Waals surface area (Å²) in [5, 5.41) is 11.6. The summed E-state index contributed by atoms with van der Waals surface area (Å²) in [6, 6.07) is -1.27. The molecule has 2 amide bonds. The number of aromatic nitrogens is 1. The number of hydrogen-bond acceptors (Lipinski definition) is 4. The summed E-state index contributed by atoms with van der Waals surface area (Å²) in [7, 11) is 1.63. The molecule has 19 heavy (non-hydrogen) atoms. The van der Waals surface area contributed by atoms with Crippen LogP contribution in [0.3, 0.4) is 0 Å². The van der Waals surface area contributed by atoms with Crippen molar-refractivity contribution in [3.63, 3.8) is 0 Å². The van der Waals surface area contributed by atoms with Crippen molar-refractivity contribution in [3.05, 3.63) is 16.1 Å². The Kier molecular flexibility index (Phi) is 5.29. The minimum atomic E-state index is -1.02. The molecule has 106 valence electrons. The number of hydrogen-bond donors (Lipinski definition) is 2. The molecule has 7 heteroatoms. The maximum absolute atomic E-state index is 11.9. The summed E-state index contributed by atoms with van der Waals surface area (Å²) in [6.07, 6.45) is 0. The molecule has 6 nitrogen and oxygen atoms in total. The number of urea groups is 1. The Balaban J connectivity index is 2.62. The third kappa shape index (κ3) is 4.20. The van der Waals surface area contributed by atoms with Crippen molar-refractivity contribution < 1.29 is 14.7 Å². The molecule has 0 aromatic carbocycles. The maximum Gasteiger partial charge on any atom is 0.326 e. The lowest BCUT2D eigenvalue weighted by molar-refractivity contribution is -0.140. The molecule has 0 aliphatic carbocycles. The average molecular weight is 285 g/mol. The van der Waals surface area contributed by atoms with Crippen molar-refractivity contribution in [1.29, 1.82) is 0 Å². The van der Waals surface area contributed by atoms with Gasteiger partial charge in [0.25, 0.3) is 0 Å². The van der Waals surface area contributed by atoms with Crippen molar-refractivity contribution >= 4 is 23.3 Å². The summed E-state index contributed by atoms with van der Waals surface area (Å²) < 4.78 is 0. The summed E-state index contributed by atoms with van der Waals surface area (Å²) in [5.41, 5.74) is 2.62. The van der Waals surface area contributed by atoms with Gasteiger partial charge in [0.15, 0.2) is 0 Å². The Morgan fingerprint density at radius 2 is 2.16 bits per heavy atom. The molecule has 0 saturated carbocycles. The zero-order valence-electron chi connectivity index (χ0n) is 11.5. The van der Waals surface area contributed by atoms with E-state index in [4.69, 9.17) is 5.11 Å². The lowest BCUT2D eigenvalue weighted by atomic mass is 10.1. The van der Waals surface area contributed by atoms with Crippen LogP contribution in [0.2, 0.25) is 0 Å². The second-order valence-corrected chi connectivity index (χ2v) is 5.67. The standard InChI is InChI=1S/C12H19N3O3S/c1-7(2)10(11(16)17)14-12(18)15(4)5-9-8(3)13-6-19-9/h6-7,10H,5H2,1-4H3,(H,14,18)(H,16,17)/t10-/m1/s1. The van der Waals surface area contributed by atoms with Crippen molar-refractivity contribution in [3.8, 4) is 0 Å². The molecule has 2 N–H and O–H groups in total. The molecular weight excluding hydrogens is 266 g/mol. The predicted octanol–water partition coefficient (Wildman–Crippen LogP) is 1.70. The van der Waals surface area contributed by atoms with Crippen LogP contribution in [0, 0.1) is 12.8 Å². The highest BCUT2D eigenvalue weighted by molar-refractivity contribution is 7.09. The first kappa shape index (κ1) is 15.4. The Bertz CT molecular complexity index is 459. The number of rotatable bonds is 5. The van der Waals surface area contributed by atoms with Gasteiger partial charge < -0.3 is 15.3 Å². The number of carbonyl (C=O) groups excluding carboxylic acids is 1. The van der Waals surface area contributed by atoms with Gasteiger partial charge in [0, 0.05) is 11.9 Å². The molecular formula is C12H19N3O3S. The van der Waals surface area contributed by atoms with Crippen LogP contribution >= 0.6 is 11.3 Å². The lowest BCUT2D eigenvalue weighted by Crippen LogP contribution is -2.48. The van der Waals surface area contributed by atoms with Crippen LogP contribution in [0.5, 0.6) is 0 Å². The minimum Gasteiger partial charge on any atom is -0.480 e. The Hall–Kier alpha value is -1.63. The van der Waals surface area contributed by atoms with E-state index < -0.39 is 18.0 Å². The quantitative estimate of drug-likeness (QED) is 0.862. The number of aryl methyl sites for hydroxylation is 1. The van der Waals surface area contributed by atoms with Gasteiger partial charge in [-0.25, -0.2) is 14.6 Å². The Labute approximate surface area is 116 Å². The number of aliphatic carboxylic acids is 1. The van der Waals surface area contributed by atoms with Crippen LogP contribution in [0.1, 0.15) is 24.4 Å². The van der Waals surface area contributed by atoms with Gasteiger partial charge in [-0.05, 0) is 12.8 Å². The van der Waals surface area contributed by atoms with Gasteiger partial charge in [-0.3, -0.25) is 0 Å². The molecule has 0 aliphatic heterocycles. The van der Waals surface area contributed by atoms with Gasteiger partial charge in [-0.15, -0.1) is 11.3 Å². The first-order valence-corrected chi connectivity index (χ1v) is 6.84. The summed E-state index contributed by atoms with van der Waals surface area (Å²) in [5.74, 6) is -1.19. The van der Waals surface area contributed by atoms with Crippen LogP contribution in [0.25, 0.3) is 0 Å². The van der Waals surface area contributed by atoms with Crippen LogP contribution < -0.4 is 5.32 Å². The van der Waals surface area contributed by atoms with Crippen molar-refractivity contribution in [2.45, 2.75) is 33.4 Å². The molecule has 1 atom stereocenters. The fourth-order valence-corrected chi connectivity index (χ4v) is 2.35. The van der Waals surface area contributed by atoms with E-state index in [0.717, 1.165) is 10.6 Å². The maximum atomic E-state index is 11.9. The van der Waals surface area contributed by atoms with Gasteiger partial charge in [0.05, 0.1) is 17.7 Å². The first-order chi connectivity index (χ1) is 8.82. The van der Waals surface area contributed by atoms with E-state index in [-0.39, 0.29) is 5.92 Å². The van der Waals surface area contributed by atoms with Gasteiger partial charge in [-0.1, -0.05) is 13.8 Å². The fourth-order valence-electron chi connectivity index (χ4n) is 1.52. The molecule has 0 saturated heterocycles. The molecule has 0 aliphatic rings. The Morgan fingerprint density at radius 3 is 2.58 bits per heavy atom.